The van der Waals surface area contributed by atoms with Crippen molar-refractivity contribution in [2.45, 2.75) is 56.8 Å². The van der Waals surface area contributed by atoms with E-state index in [1.807, 2.05) is 4.57 Å². The second-order valence-corrected chi connectivity index (χ2v) is 8.89. The molecule has 0 unspecified atom stereocenters. The summed E-state index contributed by atoms with van der Waals surface area (Å²) < 4.78 is 33.3. The summed E-state index contributed by atoms with van der Waals surface area (Å²) in [5.41, 5.74) is 0. The van der Waals surface area contributed by atoms with Crippen molar-refractivity contribution in [2.75, 3.05) is 12.9 Å². The monoisotopic (exact) mass is 369 g/mol. The Labute approximate surface area is 146 Å². The lowest BCUT2D eigenvalue weighted by molar-refractivity contribution is -0.0195. The lowest BCUT2D eigenvalue weighted by Crippen LogP contribution is -2.70. The van der Waals surface area contributed by atoms with E-state index in [1.165, 1.54) is 0 Å². The van der Waals surface area contributed by atoms with Gasteiger partial charge in [-0.15, -0.1) is 10.2 Å². The summed E-state index contributed by atoms with van der Waals surface area (Å²) >= 11 is 0. The van der Waals surface area contributed by atoms with E-state index in [9.17, 15) is 13.2 Å². The van der Waals surface area contributed by atoms with Gasteiger partial charge in [0.15, 0.2) is 0 Å². The molecule has 3 heterocycles. The first-order chi connectivity index (χ1) is 11.9. The molecule has 2 aliphatic heterocycles. The largest absolute Gasteiger partial charge is 0.376 e. The highest BCUT2D eigenvalue weighted by molar-refractivity contribution is 7.88. The molecule has 1 aliphatic carbocycles. The normalized spacial score (nSPS) is 31.6. The highest BCUT2D eigenvalue weighted by atomic mass is 32.2. The first-order valence-corrected chi connectivity index (χ1v) is 10.6. The number of hydrogen-bond donors (Lipinski definition) is 2. The smallest absolute Gasteiger partial charge is 0.289 e. The lowest BCUT2D eigenvalue weighted by atomic mass is 9.72. The Kier molecular flexibility index (Phi) is 4.28. The van der Waals surface area contributed by atoms with Gasteiger partial charge in [-0.1, -0.05) is 6.42 Å². The van der Waals surface area contributed by atoms with Crippen LogP contribution in [0.5, 0.6) is 0 Å². The molecule has 1 saturated carbocycles. The highest BCUT2D eigenvalue weighted by Crippen LogP contribution is 2.39. The van der Waals surface area contributed by atoms with Crippen molar-refractivity contribution in [2.24, 2.45) is 5.92 Å². The number of carbonyl (C=O) groups excluding carboxylic acids is 1. The molecule has 2 fully saturated rings. The molecule has 0 bridgehead atoms. The lowest BCUT2D eigenvalue weighted by Gasteiger charge is -2.47. The summed E-state index contributed by atoms with van der Waals surface area (Å²) in [6.07, 6.45) is 5.78. The molecule has 138 valence electrons. The molecule has 0 radical (unpaired) electrons. The van der Waals surface area contributed by atoms with Crippen LogP contribution in [0.1, 0.15) is 42.1 Å². The van der Waals surface area contributed by atoms with Crippen LogP contribution in [0, 0.1) is 5.92 Å². The predicted octanol–water partition coefficient (Wildman–Crippen LogP) is -0.561. The van der Waals surface area contributed by atoms with Crippen molar-refractivity contribution in [1.82, 2.24) is 24.8 Å². The van der Waals surface area contributed by atoms with Crippen LogP contribution >= 0.6 is 0 Å². The fourth-order valence-corrected chi connectivity index (χ4v) is 4.94. The highest BCUT2D eigenvalue weighted by Gasteiger charge is 2.55. The van der Waals surface area contributed by atoms with Crippen LogP contribution in [-0.2, 0) is 27.7 Å². The third-order valence-corrected chi connectivity index (χ3v) is 6.05. The average molecular weight is 369 g/mol. The zero-order valence-corrected chi connectivity index (χ0v) is 15.0. The van der Waals surface area contributed by atoms with Gasteiger partial charge >= 0.3 is 0 Å². The second-order valence-electron chi connectivity index (χ2n) is 7.11. The van der Waals surface area contributed by atoms with Crippen molar-refractivity contribution in [3.63, 3.8) is 0 Å². The van der Waals surface area contributed by atoms with E-state index in [-0.39, 0.29) is 24.0 Å². The third-order valence-electron chi connectivity index (χ3n) is 5.35. The summed E-state index contributed by atoms with van der Waals surface area (Å²) in [6.45, 7) is 1.33. The van der Waals surface area contributed by atoms with Crippen molar-refractivity contribution < 1.29 is 17.9 Å². The number of fused-ring (bicyclic) bond motifs is 2. The molecule has 4 rings (SSSR count). The van der Waals surface area contributed by atoms with Gasteiger partial charge in [0, 0.05) is 25.5 Å². The fourth-order valence-electron chi connectivity index (χ4n) is 4.16. The van der Waals surface area contributed by atoms with Crippen molar-refractivity contribution in [1.29, 1.82) is 0 Å². The van der Waals surface area contributed by atoms with E-state index in [0.717, 1.165) is 50.7 Å². The van der Waals surface area contributed by atoms with Crippen LogP contribution < -0.4 is 10.0 Å². The van der Waals surface area contributed by atoms with Crippen LogP contribution in [0.2, 0.25) is 0 Å². The summed E-state index contributed by atoms with van der Waals surface area (Å²) in [5.74, 6) is 1.01. The minimum atomic E-state index is -3.38. The average Bonchev–Trinajstić information content (AvgIpc) is 3.08. The minimum Gasteiger partial charge on any atom is -0.376 e. The Bertz CT molecular complexity index is 777. The number of sulfonamides is 1. The summed E-state index contributed by atoms with van der Waals surface area (Å²) in [6, 6.07) is -0.716. The van der Waals surface area contributed by atoms with Gasteiger partial charge in [0.2, 0.25) is 15.8 Å². The molecule has 0 spiro atoms. The van der Waals surface area contributed by atoms with E-state index in [2.05, 4.69) is 20.2 Å². The van der Waals surface area contributed by atoms with Gasteiger partial charge in [0.05, 0.1) is 24.4 Å². The number of nitrogens with zero attached hydrogens (tertiary/aromatic N) is 3. The molecule has 4 atom stereocenters. The predicted molar refractivity (Wildman–Crippen MR) is 88.4 cm³/mol. The van der Waals surface area contributed by atoms with Crippen molar-refractivity contribution >= 4 is 15.9 Å². The van der Waals surface area contributed by atoms with Crippen molar-refractivity contribution in [3.8, 4) is 0 Å². The van der Waals surface area contributed by atoms with Crippen LogP contribution in [0.4, 0.5) is 0 Å². The molecule has 10 heteroatoms. The number of amides is 1. The Balaban J connectivity index is 1.51. The van der Waals surface area contributed by atoms with E-state index in [4.69, 9.17) is 4.74 Å². The number of aromatic nitrogens is 3. The zero-order chi connectivity index (χ0) is 17.6. The maximum Gasteiger partial charge on any atom is 0.289 e. The summed E-state index contributed by atoms with van der Waals surface area (Å²) in [4.78, 5) is 12.7. The maximum absolute atomic E-state index is 12.7. The Morgan fingerprint density at radius 1 is 1.24 bits per heavy atom. The number of hydrogen-bond acceptors (Lipinski definition) is 6. The van der Waals surface area contributed by atoms with Crippen molar-refractivity contribution in [3.05, 3.63) is 11.6 Å². The van der Waals surface area contributed by atoms with Crippen LogP contribution in [0.3, 0.4) is 0 Å². The number of carbonyl (C=O) groups is 1. The molecule has 9 nitrogen and oxygen atoms in total. The first kappa shape index (κ1) is 16.9. The van der Waals surface area contributed by atoms with Gasteiger partial charge in [-0.25, -0.2) is 13.1 Å². The molecule has 1 amide bonds. The van der Waals surface area contributed by atoms with Gasteiger partial charge in [-0.3, -0.25) is 4.79 Å². The van der Waals surface area contributed by atoms with Gasteiger partial charge in [-0.05, 0) is 19.3 Å². The molecule has 1 saturated heterocycles. The maximum atomic E-state index is 12.7. The van der Waals surface area contributed by atoms with E-state index >= 15 is 0 Å². The molecular weight excluding hydrogens is 346 g/mol. The number of nitrogens with one attached hydrogen (secondary N) is 2. The van der Waals surface area contributed by atoms with Gasteiger partial charge in [-0.2, -0.15) is 0 Å². The molecule has 3 aliphatic rings. The molecular formula is C15H23N5O4S. The van der Waals surface area contributed by atoms with E-state index in [0.29, 0.717) is 12.4 Å². The molecule has 1 aromatic heterocycles. The SMILES string of the molecule is CS(=O)(=O)N[C@H]1[C@H](NC(=O)c2nnc3n2CCCCC3)[C@@H]2CCO[C@@H]21. The van der Waals surface area contributed by atoms with Crippen LogP contribution in [0.25, 0.3) is 0 Å². The molecule has 2 N–H and O–H groups in total. The van der Waals surface area contributed by atoms with Gasteiger partial charge < -0.3 is 14.6 Å². The topological polar surface area (TPSA) is 115 Å². The van der Waals surface area contributed by atoms with Gasteiger partial charge in [0.25, 0.3) is 5.91 Å². The quantitative estimate of drug-likeness (QED) is 0.735. The van der Waals surface area contributed by atoms with E-state index < -0.39 is 16.1 Å². The molecule has 25 heavy (non-hydrogen) atoms. The standard InChI is InChI=1S/C15H23N5O4S/c1-25(22,23)19-12-11(9-6-8-24-13(9)12)16-15(21)14-18-17-10-5-3-2-4-7-20(10)14/h9,11-13,19H,2-8H2,1H3,(H,16,21)/t9-,11+,12-,13-/m0/s1. The summed E-state index contributed by atoms with van der Waals surface area (Å²) in [7, 11) is -3.38. The van der Waals surface area contributed by atoms with Crippen LogP contribution in [-0.4, -0.2) is 60.1 Å². The minimum absolute atomic E-state index is 0.134. The number of aryl methyl sites for hydroxylation is 1. The first-order valence-electron chi connectivity index (χ1n) is 8.76. The Morgan fingerprint density at radius 3 is 2.88 bits per heavy atom. The number of rotatable bonds is 4. The third kappa shape index (κ3) is 3.18. The summed E-state index contributed by atoms with van der Waals surface area (Å²) in [5, 5.41) is 11.2. The molecule has 1 aromatic rings. The van der Waals surface area contributed by atoms with Crippen LogP contribution in [0.15, 0.2) is 0 Å². The van der Waals surface area contributed by atoms with E-state index in [1.54, 1.807) is 0 Å². The number of ether oxygens (including phenoxy) is 1. The molecule has 0 aromatic carbocycles. The second kappa shape index (κ2) is 6.33. The Morgan fingerprint density at radius 2 is 2.08 bits per heavy atom. The van der Waals surface area contributed by atoms with Gasteiger partial charge in [0.1, 0.15) is 5.82 Å². The Hall–Kier alpha value is -1.52. The fraction of sp³-hybridized carbons (Fsp3) is 0.800. The zero-order valence-electron chi connectivity index (χ0n) is 14.1.